The van der Waals surface area contributed by atoms with E-state index < -0.39 is 0 Å². The molecule has 0 amide bonds. The summed E-state index contributed by atoms with van der Waals surface area (Å²) in [4.78, 5) is 15.9. The number of aromatic nitrogens is 4. The Bertz CT molecular complexity index is 1200. The number of ether oxygens (including phenoxy) is 2. The molecule has 4 rings (SSSR count). The number of benzene rings is 2. The van der Waals surface area contributed by atoms with Crippen LogP contribution in [-0.4, -0.2) is 33.1 Å². The lowest BCUT2D eigenvalue weighted by Crippen LogP contribution is -2.00. The van der Waals surface area contributed by atoms with Gasteiger partial charge in [-0.1, -0.05) is 29.5 Å². The molecule has 0 aliphatic rings. The first-order valence-corrected chi connectivity index (χ1v) is 11.1. The van der Waals surface area contributed by atoms with Crippen molar-refractivity contribution >= 4 is 18.1 Å². The van der Waals surface area contributed by atoms with Crippen LogP contribution in [0.15, 0.2) is 71.6 Å². The number of nitrogens with zero attached hydrogens (tertiary/aromatic N) is 4. The van der Waals surface area contributed by atoms with Crippen LogP contribution in [0.5, 0.6) is 5.75 Å². The number of oxazole rings is 1. The summed E-state index contributed by atoms with van der Waals surface area (Å²) in [5.74, 6) is 0.913. The predicted octanol–water partition coefficient (Wildman–Crippen LogP) is 4.83. The molecule has 0 aliphatic carbocycles. The van der Waals surface area contributed by atoms with E-state index >= 15 is 0 Å². The number of hydrogen-bond donors (Lipinski definition) is 0. The number of unbranched alkanes of at least 4 members (excludes halogenated alkanes) is 1. The zero-order chi connectivity index (χ0) is 23.6. The maximum atomic E-state index is 11.5. The van der Waals surface area contributed by atoms with Gasteiger partial charge in [0, 0.05) is 18.8 Å². The third kappa shape index (κ3) is 6.65. The number of rotatable bonds is 11. The fraction of sp³-hybridized carbons (Fsp3) is 0.231. The monoisotopic (exact) mass is 458 g/mol. The summed E-state index contributed by atoms with van der Waals surface area (Å²) in [5, 5.41) is 7.79. The largest absolute Gasteiger partial charge is 0.487 e. The Morgan fingerprint density at radius 3 is 2.62 bits per heavy atom. The van der Waals surface area contributed by atoms with Crippen molar-refractivity contribution in [2.75, 3.05) is 7.11 Å². The van der Waals surface area contributed by atoms with E-state index in [9.17, 15) is 4.79 Å². The Morgan fingerprint density at radius 1 is 1.06 bits per heavy atom. The summed E-state index contributed by atoms with van der Waals surface area (Å²) in [5.41, 5.74) is 3.41. The van der Waals surface area contributed by atoms with Gasteiger partial charge >= 0.3 is 5.97 Å². The van der Waals surface area contributed by atoms with E-state index in [1.807, 2.05) is 41.2 Å². The maximum absolute atomic E-state index is 11.5. The van der Waals surface area contributed by atoms with Gasteiger partial charge in [0.1, 0.15) is 24.3 Å². The smallest absolute Gasteiger partial charge is 0.337 e. The topological polar surface area (TPSA) is 92.3 Å². The van der Waals surface area contributed by atoms with Crippen molar-refractivity contribution in [3.63, 3.8) is 0 Å². The third-order valence-corrected chi connectivity index (χ3v) is 5.20. The quantitative estimate of drug-likeness (QED) is 0.235. The number of esters is 1. The van der Waals surface area contributed by atoms with Gasteiger partial charge < -0.3 is 13.9 Å². The maximum Gasteiger partial charge on any atom is 0.337 e. The van der Waals surface area contributed by atoms with Crippen molar-refractivity contribution in [2.24, 2.45) is 0 Å². The van der Waals surface area contributed by atoms with Crippen molar-refractivity contribution in [3.05, 3.63) is 95.5 Å². The first-order chi connectivity index (χ1) is 16.7. The standard InChI is InChI=1S/C26H26N4O4/c1-32-26(31)22-10-5-21(6-11-22)9-14-25-28-23(19-34-25)18-33-24-12-7-20(8-13-24)4-2-3-16-30-17-15-27-29-30/h5-15,17,19H,2-4,16,18H2,1H3. The Hall–Kier alpha value is -4.20. The molecular formula is C26H26N4O4. The first kappa shape index (κ1) is 23.0. The van der Waals surface area contributed by atoms with Crippen molar-refractivity contribution in [2.45, 2.75) is 32.4 Å². The van der Waals surface area contributed by atoms with Crippen LogP contribution in [0.2, 0.25) is 0 Å². The highest BCUT2D eigenvalue weighted by Crippen LogP contribution is 2.16. The SMILES string of the molecule is COC(=O)c1ccc(C=Cc2nc(COc3ccc(CCCCn4ccnn4)cc3)co2)cc1. The number of carbonyl (C=O) groups is 1. The van der Waals surface area contributed by atoms with Crippen LogP contribution in [0.3, 0.4) is 0 Å². The van der Waals surface area contributed by atoms with Crippen molar-refractivity contribution in [1.29, 1.82) is 0 Å². The number of carbonyl (C=O) groups excluding carboxylic acids is 1. The van der Waals surface area contributed by atoms with Crippen LogP contribution in [0.1, 0.15) is 45.9 Å². The lowest BCUT2D eigenvalue weighted by Gasteiger charge is -2.06. The van der Waals surface area contributed by atoms with Gasteiger partial charge in [-0.2, -0.15) is 0 Å². The molecule has 4 aromatic rings. The van der Waals surface area contributed by atoms with Gasteiger partial charge in [0.05, 0.1) is 18.9 Å². The van der Waals surface area contributed by atoms with E-state index in [4.69, 9.17) is 13.9 Å². The van der Waals surface area contributed by atoms with Crippen LogP contribution in [0.4, 0.5) is 0 Å². The summed E-state index contributed by atoms with van der Waals surface area (Å²) in [6, 6.07) is 15.2. The van der Waals surface area contributed by atoms with E-state index in [1.54, 1.807) is 30.7 Å². The molecule has 8 nitrogen and oxygen atoms in total. The molecule has 2 aromatic carbocycles. The van der Waals surface area contributed by atoms with Gasteiger partial charge in [-0.15, -0.1) is 5.10 Å². The molecular weight excluding hydrogens is 432 g/mol. The zero-order valence-corrected chi connectivity index (χ0v) is 19.0. The minimum atomic E-state index is -0.359. The molecule has 0 fully saturated rings. The minimum absolute atomic E-state index is 0.322. The van der Waals surface area contributed by atoms with E-state index in [0.29, 0.717) is 23.8 Å². The van der Waals surface area contributed by atoms with Crippen LogP contribution in [0, 0.1) is 0 Å². The van der Waals surface area contributed by atoms with Gasteiger partial charge in [-0.05, 0) is 60.7 Å². The average molecular weight is 459 g/mol. The van der Waals surface area contributed by atoms with Gasteiger partial charge in [-0.3, -0.25) is 4.68 Å². The molecule has 0 unspecified atom stereocenters. The van der Waals surface area contributed by atoms with Crippen LogP contribution < -0.4 is 4.74 Å². The second kappa shape index (κ2) is 11.6. The van der Waals surface area contributed by atoms with Gasteiger partial charge in [0.25, 0.3) is 0 Å². The molecule has 0 saturated carbocycles. The van der Waals surface area contributed by atoms with E-state index in [1.165, 1.54) is 12.7 Å². The van der Waals surface area contributed by atoms with Crippen LogP contribution in [-0.2, 0) is 24.3 Å². The Morgan fingerprint density at radius 2 is 1.88 bits per heavy atom. The molecule has 174 valence electrons. The summed E-state index contributed by atoms with van der Waals surface area (Å²) in [6.45, 7) is 1.21. The number of aryl methyl sites for hydroxylation is 2. The molecule has 0 spiro atoms. The minimum Gasteiger partial charge on any atom is -0.487 e. The Labute approximate surface area is 197 Å². The second-order valence-electron chi connectivity index (χ2n) is 7.68. The third-order valence-electron chi connectivity index (χ3n) is 5.20. The lowest BCUT2D eigenvalue weighted by molar-refractivity contribution is 0.0600. The average Bonchev–Trinajstić information content (AvgIpc) is 3.57. The van der Waals surface area contributed by atoms with Gasteiger partial charge in [-0.25, -0.2) is 9.78 Å². The van der Waals surface area contributed by atoms with Crippen molar-refractivity contribution < 1.29 is 18.7 Å². The first-order valence-electron chi connectivity index (χ1n) is 11.1. The van der Waals surface area contributed by atoms with Gasteiger partial charge in [0.15, 0.2) is 0 Å². The normalized spacial score (nSPS) is 11.1. The summed E-state index contributed by atoms with van der Waals surface area (Å²) >= 11 is 0. The van der Waals surface area contributed by atoms with Crippen LogP contribution >= 0.6 is 0 Å². The second-order valence-corrected chi connectivity index (χ2v) is 7.68. The van der Waals surface area contributed by atoms with Gasteiger partial charge in [0.2, 0.25) is 5.89 Å². The lowest BCUT2D eigenvalue weighted by atomic mass is 10.1. The molecule has 0 N–H and O–H groups in total. The molecule has 0 atom stereocenters. The van der Waals surface area contributed by atoms with Crippen molar-refractivity contribution in [1.82, 2.24) is 20.0 Å². The Kier molecular flexibility index (Phi) is 7.84. The Balaban J connectivity index is 1.21. The van der Waals surface area contributed by atoms with E-state index in [-0.39, 0.29) is 5.97 Å². The molecule has 34 heavy (non-hydrogen) atoms. The molecule has 0 radical (unpaired) electrons. The summed E-state index contributed by atoms with van der Waals surface area (Å²) < 4.78 is 17.9. The molecule has 2 heterocycles. The molecule has 0 saturated heterocycles. The molecule has 2 aromatic heterocycles. The predicted molar refractivity (Wildman–Crippen MR) is 127 cm³/mol. The fourth-order valence-electron chi connectivity index (χ4n) is 3.35. The molecule has 0 aliphatic heterocycles. The highest BCUT2D eigenvalue weighted by molar-refractivity contribution is 5.89. The summed E-state index contributed by atoms with van der Waals surface area (Å²) in [7, 11) is 1.36. The molecule has 0 bridgehead atoms. The number of hydrogen-bond acceptors (Lipinski definition) is 7. The highest BCUT2D eigenvalue weighted by Gasteiger charge is 2.05. The molecule has 8 heteroatoms. The summed E-state index contributed by atoms with van der Waals surface area (Å²) in [6.07, 6.45) is 12.0. The highest BCUT2D eigenvalue weighted by atomic mass is 16.5. The van der Waals surface area contributed by atoms with E-state index in [0.717, 1.165) is 37.1 Å². The van der Waals surface area contributed by atoms with Crippen molar-refractivity contribution in [3.8, 4) is 5.75 Å². The van der Waals surface area contributed by atoms with E-state index in [2.05, 4.69) is 27.4 Å². The fourth-order valence-corrected chi connectivity index (χ4v) is 3.35. The number of methoxy groups -OCH3 is 1. The van der Waals surface area contributed by atoms with Crippen LogP contribution in [0.25, 0.3) is 12.2 Å². The zero-order valence-electron chi connectivity index (χ0n) is 19.0.